The zero-order valence-electron chi connectivity index (χ0n) is 76.0. The van der Waals surface area contributed by atoms with Gasteiger partial charge in [-0.25, -0.2) is 14.3 Å². The first-order valence-electron chi connectivity index (χ1n) is 41.9. The van der Waals surface area contributed by atoms with Crippen LogP contribution in [0.2, 0.25) is 25.3 Å². The summed E-state index contributed by atoms with van der Waals surface area (Å²) in [6.45, 7) is 12.4. The average molecular weight is 2100 g/mol. The number of hydrogen-bond donors (Lipinski definition) is 28. The number of nitrogens with one attached hydrogen (secondary N) is 9. The maximum atomic E-state index is 13.7. The molecular formula is C67H146B4N22O30S10. The van der Waals surface area contributed by atoms with Crippen LogP contribution in [0.5, 0.6) is 0 Å². The molecule has 5 aliphatic heterocycles. The Morgan fingerprint density at radius 1 is 0.474 bits per heavy atom. The fraction of sp³-hybridized carbons (Fsp3) is 0.851. The molecule has 66 heteroatoms. The quantitative estimate of drug-likeness (QED) is 0.0252. The van der Waals surface area contributed by atoms with Crippen molar-refractivity contribution < 1.29 is 142 Å². The third-order valence-electron chi connectivity index (χ3n) is 23.8. The standard InChI is InChI=1S/C21H41BN6O8S.C19H37BN6O8S.C14H28BN5O7S.C13H28BN5O7S.6H2S/c1-5-28(15(4)20(24)8-9-20)37(35,36)27-11-16(7-6-10-22(33)34)21(12-27,19(31)32)26-18(30)14(3)25-17(29)13(2)23;1-4-26(15-8-22-9-15)35(33,34)25-10-14(6-5-7-20(31)32)19(11-25,18(29)30)24-17(28)13(3)23-16(27)12(2)21;1-8(12(21)22)18-13(23)14(17)7-20(6-9(14)3-2-4-15(24)25)28(26,27)19-11-5-10(11)16;1-9(11(20)21)18-12(22)13(16)8-19(27(25,26)17-6-5-15)7-10(13)3-2-4-14(23)24;;;;;;/h13-16,33-34H,5-12,23-24H2,1-4H3,(H,25,29)(H,26,30)(H,31,32);12-15,22,31-32H,4-11,21H2,1-3H3,(H,23,27)(H,24,28)(H,29,30);8-11,19,24-25H,2-7,16-17H2,1H3,(H,18,23)(H,21,22);9-10,17,23-24H,2-8,15-16H2,1H3,(H,18,22)(H,20,21);6*1H2/t13-,14-,15?,16-,21-;12-,13-,14-,19-;8-,9-,10+,11+,14-;9-,10-,13-;;;;;;/m0000....../s1. The molecule has 0 aromatic carbocycles. The van der Waals surface area contributed by atoms with Gasteiger partial charge >= 0.3 is 52.4 Å². The van der Waals surface area contributed by atoms with Gasteiger partial charge in [0.15, 0.2) is 11.1 Å². The van der Waals surface area contributed by atoms with Crippen molar-refractivity contribution in [3.8, 4) is 0 Å². The van der Waals surface area contributed by atoms with Gasteiger partial charge in [-0.1, -0.05) is 39.5 Å². The summed E-state index contributed by atoms with van der Waals surface area (Å²) in [7, 11) is -22.3. The number of carbonyl (C=O) groups excluding carboxylic acids is 6. The lowest BCUT2D eigenvalue weighted by Crippen LogP contribution is -2.64. The van der Waals surface area contributed by atoms with Crippen molar-refractivity contribution in [1.82, 2.24) is 72.5 Å². The molecule has 35 N–H and O–H groups in total. The van der Waals surface area contributed by atoms with E-state index in [2.05, 4.69) is 46.7 Å². The van der Waals surface area contributed by atoms with E-state index >= 15 is 0 Å². The smallest absolute Gasteiger partial charge is 0.451 e. The topological polar surface area (TPSA) is 860 Å². The number of nitrogens with two attached hydrogens (primary N) is 7. The van der Waals surface area contributed by atoms with Gasteiger partial charge in [0.25, 0.3) is 40.8 Å². The monoisotopic (exact) mass is 2100 g/mol. The van der Waals surface area contributed by atoms with Crippen LogP contribution in [0.15, 0.2) is 0 Å². The van der Waals surface area contributed by atoms with Gasteiger partial charge in [0.05, 0.1) is 18.1 Å². The molecule has 0 aromatic rings. The van der Waals surface area contributed by atoms with E-state index in [4.69, 9.17) is 70.4 Å². The molecule has 0 bridgehead atoms. The van der Waals surface area contributed by atoms with Gasteiger partial charge in [0.1, 0.15) is 35.2 Å². The highest BCUT2D eigenvalue weighted by Crippen LogP contribution is 2.43. The number of amides is 6. The molecule has 5 heterocycles. The highest BCUT2D eigenvalue weighted by molar-refractivity contribution is 7.87. The Balaban J connectivity index is -0.00000168. The van der Waals surface area contributed by atoms with Gasteiger partial charge in [0, 0.05) is 139 Å². The zero-order chi connectivity index (χ0) is 97.0. The minimum atomic E-state index is -4.17. The number of aliphatic carboxylic acids is 4. The second-order valence-corrected chi connectivity index (χ2v) is 41.0. The SMILES string of the molecule is CCN(C(C)C1(N)CC1)S(=O)(=O)N1C[C@H](CCCB(O)O)[C@](NC(=O)[C@H](C)NC(=O)[C@H](C)N)(C(=O)O)C1.CCN(C1CNC1)S(=O)(=O)N1C[C@H](CCCB(O)O)[C@](NC(=O)[C@H](C)NC(=O)[C@H](C)N)(C(=O)O)C1.C[C@H](NC(=O)[C@]1(N)CN(S(=O)(=O)NCCN)C[C@@H]1CCCB(O)O)C(=O)O.C[C@H](NC(=O)[C@]1(N)CN(S(=O)(=O)N[C@@H]2C[C@H]2N)C[C@@H]1CCCB(O)O)C(=O)O.S.S.S.S.S.S. The van der Waals surface area contributed by atoms with Crippen LogP contribution in [-0.2, 0) is 88.8 Å². The van der Waals surface area contributed by atoms with E-state index < -0.39 is 235 Å². The van der Waals surface area contributed by atoms with Crippen LogP contribution >= 0.6 is 81.0 Å². The lowest BCUT2D eigenvalue weighted by Gasteiger charge is -2.38. The van der Waals surface area contributed by atoms with E-state index in [0.717, 1.165) is 17.2 Å². The number of hydrogen-bond acceptors (Lipinski definition) is 34. The average Bonchev–Trinajstić information content (AvgIpc) is 1.60. The van der Waals surface area contributed by atoms with E-state index in [-0.39, 0.29) is 228 Å². The Morgan fingerprint density at radius 3 is 1.08 bits per heavy atom. The van der Waals surface area contributed by atoms with E-state index in [0.29, 0.717) is 45.2 Å². The molecule has 7 aliphatic rings. The molecule has 52 nitrogen and oxygen atoms in total. The van der Waals surface area contributed by atoms with Crippen molar-refractivity contribution in [3.63, 3.8) is 0 Å². The summed E-state index contributed by atoms with van der Waals surface area (Å²) in [6.07, 6.45) is 3.57. The largest absolute Gasteiger partial charge is 0.480 e. The third-order valence-corrected chi connectivity index (χ3v) is 31.0. The lowest BCUT2D eigenvalue weighted by molar-refractivity contribution is -0.149. The Kier molecular flexibility index (Phi) is 57.1. The first-order valence-corrected chi connectivity index (χ1v) is 47.6. The maximum Gasteiger partial charge on any atom is 0.451 e. The zero-order valence-corrected chi connectivity index (χ0v) is 85.2. The summed E-state index contributed by atoms with van der Waals surface area (Å²) in [5, 5.41) is 129. The van der Waals surface area contributed by atoms with Gasteiger partial charge in [0.2, 0.25) is 35.4 Å². The first kappa shape index (κ1) is 133. The molecular weight excluding hydrogens is 1960 g/mol. The van der Waals surface area contributed by atoms with Gasteiger partial charge in [-0.2, -0.15) is 145 Å². The van der Waals surface area contributed by atoms with Crippen LogP contribution in [0.3, 0.4) is 0 Å². The number of carbonyl (C=O) groups is 10. The fourth-order valence-corrected chi connectivity index (χ4v) is 22.0. The number of carboxylic acids is 4. The Bertz CT molecular complexity index is 4250. The second kappa shape index (κ2) is 57.1. The van der Waals surface area contributed by atoms with Crippen molar-refractivity contribution in [1.29, 1.82) is 0 Å². The molecule has 6 amide bonds. The van der Waals surface area contributed by atoms with E-state index in [1.807, 2.05) is 0 Å². The van der Waals surface area contributed by atoms with Gasteiger partial charge < -0.3 is 138 Å². The molecule has 1 unspecified atom stereocenters. The molecule has 0 radical (unpaired) electrons. The number of carboxylic acid groups (broad SMARTS) is 4. The highest BCUT2D eigenvalue weighted by atomic mass is 32.2. The fourth-order valence-electron chi connectivity index (χ4n) is 15.2. The Labute approximate surface area is 820 Å². The molecule has 2 aliphatic carbocycles. The minimum absolute atomic E-state index is 0. The van der Waals surface area contributed by atoms with Crippen molar-refractivity contribution in [2.45, 2.75) is 246 Å². The Hall–Kier alpha value is -4.10. The normalized spacial score (nSPS) is 25.4. The maximum absolute atomic E-state index is 13.7. The van der Waals surface area contributed by atoms with Crippen LogP contribution in [-0.4, -0.2) is 388 Å². The van der Waals surface area contributed by atoms with Crippen LogP contribution in [0, 0.1) is 23.7 Å². The molecule has 0 aromatic heterocycles. The molecule has 7 rings (SSSR count). The van der Waals surface area contributed by atoms with Crippen molar-refractivity contribution in [2.24, 2.45) is 63.8 Å². The van der Waals surface area contributed by atoms with E-state index in [9.17, 15) is 112 Å². The lowest BCUT2D eigenvalue weighted by atomic mass is 9.78. The molecule has 0 spiro atoms. The predicted molar refractivity (Wildman–Crippen MR) is 523 cm³/mol. The Morgan fingerprint density at radius 2 is 0.805 bits per heavy atom. The molecule has 776 valence electrons. The summed E-state index contributed by atoms with van der Waals surface area (Å²) in [5.41, 5.74) is 32.8. The van der Waals surface area contributed by atoms with Crippen LogP contribution in [0.25, 0.3) is 0 Å². The summed E-state index contributed by atoms with van der Waals surface area (Å²) >= 11 is 0. The van der Waals surface area contributed by atoms with Crippen molar-refractivity contribution in [2.75, 3.05) is 91.6 Å². The van der Waals surface area contributed by atoms with Crippen molar-refractivity contribution >= 4 is 210 Å². The molecule has 5 saturated heterocycles. The van der Waals surface area contributed by atoms with Crippen LogP contribution in [0.1, 0.15) is 133 Å². The predicted octanol–water partition coefficient (Wildman–Crippen LogP) is -12.8. The van der Waals surface area contributed by atoms with E-state index in [1.165, 1.54) is 50.2 Å². The van der Waals surface area contributed by atoms with Gasteiger partial charge in [-0.05, 0) is 119 Å². The number of likely N-dealkylation sites (N-methyl/N-ethyl adjacent to an activating group) is 2. The first-order chi connectivity index (χ1) is 58.6. The minimum Gasteiger partial charge on any atom is -0.480 e. The van der Waals surface area contributed by atoms with E-state index in [1.54, 1.807) is 20.8 Å². The third kappa shape index (κ3) is 36.7. The molecule has 7 fully saturated rings. The molecule has 2 saturated carbocycles. The second-order valence-electron chi connectivity index (χ2n) is 33.8. The van der Waals surface area contributed by atoms with Gasteiger partial charge in [-0.3, -0.25) is 38.4 Å². The summed E-state index contributed by atoms with van der Waals surface area (Å²) < 4.78 is 116. The summed E-state index contributed by atoms with van der Waals surface area (Å²) in [4.78, 5) is 122. The molecule has 133 heavy (non-hydrogen) atoms. The van der Waals surface area contributed by atoms with Crippen LogP contribution < -0.4 is 86.8 Å². The molecule has 17 atom stereocenters. The van der Waals surface area contributed by atoms with Crippen molar-refractivity contribution in [3.05, 3.63) is 0 Å². The highest BCUT2D eigenvalue weighted by Gasteiger charge is 2.61. The number of rotatable bonds is 48. The summed E-state index contributed by atoms with van der Waals surface area (Å²) in [5.74, 6) is -12.7. The van der Waals surface area contributed by atoms with Gasteiger partial charge in [-0.15, -0.1) is 0 Å². The van der Waals surface area contributed by atoms with Crippen LogP contribution in [0.4, 0.5) is 0 Å². The summed E-state index contributed by atoms with van der Waals surface area (Å²) in [6, 6.07) is -7.81. The number of nitrogens with zero attached hydrogens (tertiary/aromatic N) is 6.